The molecule has 152 valence electrons. The third-order valence-electron chi connectivity index (χ3n) is 3.72. The lowest BCUT2D eigenvalue weighted by atomic mass is 10.1. The summed E-state index contributed by atoms with van der Waals surface area (Å²) >= 11 is 0.731. The van der Waals surface area contributed by atoms with Gasteiger partial charge in [-0.2, -0.15) is 0 Å². The topological polar surface area (TPSA) is 168 Å². The van der Waals surface area contributed by atoms with Crippen LogP contribution < -0.4 is 5.32 Å². The van der Waals surface area contributed by atoms with Gasteiger partial charge in [-0.25, -0.2) is 9.59 Å². The Morgan fingerprint density at radius 1 is 0.966 bits per heavy atom. The Labute approximate surface area is 166 Å². The van der Waals surface area contributed by atoms with E-state index in [1.807, 2.05) is 0 Å². The first-order valence-electron chi connectivity index (χ1n) is 7.65. The Balaban J connectivity index is 2.53. The van der Waals surface area contributed by atoms with Crippen molar-refractivity contribution in [3.05, 3.63) is 60.0 Å². The number of non-ortho nitro benzene ring substituents is 2. The molecule has 1 N–H and O–H groups in total. The number of rotatable bonds is 6. The van der Waals surface area contributed by atoms with Gasteiger partial charge in [-0.15, -0.1) is 11.3 Å². The molecule has 1 heterocycles. The standard InChI is InChI=1S/C16H13N3O9S/c1-7-11(15(21)27-2)14(29-12(7)16(22)28-3)17-13(20)8-4-9(18(23)24)6-10(5-8)19(25)26/h4-6H,1-3H3,(H,17,20). The summed E-state index contributed by atoms with van der Waals surface area (Å²) in [7, 11) is 2.24. The zero-order chi connectivity index (χ0) is 21.9. The summed E-state index contributed by atoms with van der Waals surface area (Å²) in [6.07, 6.45) is 0. The minimum absolute atomic E-state index is 0.0354. The maximum Gasteiger partial charge on any atom is 0.348 e. The van der Waals surface area contributed by atoms with E-state index < -0.39 is 39.1 Å². The molecular weight excluding hydrogens is 410 g/mol. The van der Waals surface area contributed by atoms with Crippen LogP contribution >= 0.6 is 11.3 Å². The first-order valence-corrected chi connectivity index (χ1v) is 8.47. The fourth-order valence-corrected chi connectivity index (χ4v) is 3.46. The Bertz CT molecular complexity index is 1010. The molecule has 2 rings (SSSR count). The van der Waals surface area contributed by atoms with Gasteiger partial charge in [0.1, 0.15) is 9.88 Å². The van der Waals surface area contributed by atoms with Crippen molar-refractivity contribution in [3.8, 4) is 0 Å². The molecule has 29 heavy (non-hydrogen) atoms. The first kappa shape index (κ1) is 21.4. The van der Waals surface area contributed by atoms with Gasteiger partial charge in [0.25, 0.3) is 17.3 Å². The molecule has 1 amide bonds. The van der Waals surface area contributed by atoms with Crippen LogP contribution in [0.4, 0.5) is 16.4 Å². The van der Waals surface area contributed by atoms with Crippen molar-refractivity contribution in [3.63, 3.8) is 0 Å². The van der Waals surface area contributed by atoms with Crippen LogP contribution in [0.1, 0.15) is 36.0 Å². The number of benzene rings is 1. The molecule has 0 aliphatic carbocycles. The van der Waals surface area contributed by atoms with Gasteiger partial charge in [0.15, 0.2) is 0 Å². The average molecular weight is 423 g/mol. The smallest absolute Gasteiger partial charge is 0.348 e. The quantitative estimate of drug-likeness (QED) is 0.417. The monoisotopic (exact) mass is 423 g/mol. The van der Waals surface area contributed by atoms with Crippen molar-refractivity contribution in [1.82, 2.24) is 0 Å². The minimum atomic E-state index is -0.959. The van der Waals surface area contributed by atoms with Crippen LogP contribution in [0.2, 0.25) is 0 Å². The van der Waals surface area contributed by atoms with E-state index in [9.17, 15) is 34.6 Å². The number of nitro benzene ring substituents is 2. The Morgan fingerprint density at radius 2 is 1.48 bits per heavy atom. The highest BCUT2D eigenvalue weighted by Crippen LogP contribution is 2.35. The number of esters is 2. The largest absolute Gasteiger partial charge is 0.465 e. The van der Waals surface area contributed by atoms with Crippen LogP contribution in [0, 0.1) is 27.2 Å². The lowest BCUT2D eigenvalue weighted by Crippen LogP contribution is -2.15. The molecule has 0 radical (unpaired) electrons. The molecule has 12 nitrogen and oxygen atoms in total. The number of methoxy groups -OCH3 is 2. The first-order chi connectivity index (χ1) is 13.6. The molecule has 0 aliphatic rings. The summed E-state index contributed by atoms with van der Waals surface area (Å²) < 4.78 is 9.29. The maximum absolute atomic E-state index is 12.6. The molecule has 0 unspecified atom stereocenters. The predicted molar refractivity (Wildman–Crippen MR) is 99.4 cm³/mol. The molecule has 0 bridgehead atoms. The number of hydrogen-bond acceptors (Lipinski definition) is 10. The normalized spacial score (nSPS) is 10.2. The number of nitrogens with one attached hydrogen (secondary N) is 1. The number of amides is 1. The van der Waals surface area contributed by atoms with Crippen molar-refractivity contribution >= 4 is 45.6 Å². The van der Waals surface area contributed by atoms with Gasteiger partial charge in [-0.3, -0.25) is 25.0 Å². The van der Waals surface area contributed by atoms with E-state index in [1.54, 1.807) is 0 Å². The van der Waals surface area contributed by atoms with Gasteiger partial charge in [0, 0.05) is 12.1 Å². The summed E-state index contributed by atoms with van der Waals surface area (Å²) in [6, 6.07) is 2.41. The van der Waals surface area contributed by atoms with Crippen LogP contribution in [-0.4, -0.2) is 41.9 Å². The van der Waals surface area contributed by atoms with Crippen LogP contribution in [0.25, 0.3) is 0 Å². The number of hydrogen-bond donors (Lipinski definition) is 1. The third-order valence-corrected chi connectivity index (χ3v) is 4.91. The molecular formula is C16H13N3O9S. The molecule has 0 saturated carbocycles. The molecule has 0 spiro atoms. The van der Waals surface area contributed by atoms with Crippen LogP contribution in [-0.2, 0) is 9.47 Å². The molecule has 1 aromatic carbocycles. The van der Waals surface area contributed by atoms with Crippen LogP contribution in [0.15, 0.2) is 18.2 Å². The van der Waals surface area contributed by atoms with Gasteiger partial charge < -0.3 is 14.8 Å². The molecule has 0 fully saturated rings. The van der Waals surface area contributed by atoms with Gasteiger partial charge in [0.05, 0.1) is 41.3 Å². The fraction of sp³-hybridized carbons (Fsp3) is 0.188. The predicted octanol–water partition coefficient (Wildman–Crippen LogP) is 2.70. The van der Waals surface area contributed by atoms with Crippen molar-refractivity contribution in [2.24, 2.45) is 0 Å². The number of ether oxygens (including phenoxy) is 2. The van der Waals surface area contributed by atoms with E-state index in [-0.39, 0.29) is 26.6 Å². The van der Waals surface area contributed by atoms with Crippen molar-refractivity contribution in [1.29, 1.82) is 0 Å². The highest BCUT2D eigenvalue weighted by atomic mass is 32.1. The Kier molecular flexibility index (Phi) is 6.23. The Morgan fingerprint density at radius 3 is 1.93 bits per heavy atom. The van der Waals surface area contributed by atoms with Crippen LogP contribution in [0.3, 0.4) is 0 Å². The third kappa shape index (κ3) is 4.35. The van der Waals surface area contributed by atoms with E-state index >= 15 is 0 Å². The minimum Gasteiger partial charge on any atom is -0.465 e. The number of anilines is 1. The highest BCUT2D eigenvalue weighted by molar-refractivity contribution is 7.18. The number of carbonyl (C=O) groups excluding carboxylic acids is 3. The fourth-order valence-electron chi connectivity index (χ4n) is 2.35. The van der Waals surface area contributed by atoms with Crippen LogP contribution in [0.5, 0.6) is 0 Å². The van der Waals surface area contributed by atoms with Gasteiger partial charge in [-0.05, 0) is 12.5 Å². The SMILES string of the molecule is COC(=O)c1sc(NC(=O)c2cc([N+](=O)[O-])cc([N+](=O)[O-])c2)c(C(=O)OC)c1C. The second kappa shape index (κ2) is 8.43. The highest BCUT2D eigenvalue weighted by Gasteiger charge is 2.28. The van der Waals surface area contributed by atoms with E-state index in [1.165, 1.54) is 6.92 Å². The summed E-state index contributed by atoms with van der Waals surface area (Å²) in [5, 5.41) is 24.2. The number of nitrogens with zero attached hydrogens (tertiary/aromatic N) is 2. The van der Waals surface area contributed by atoms with E-state index in [4.69, 9.17) is 0 Å². The van der Waals surface area contributed by atoms with Crippen molar-refractivity contribution < 1.29 is 33.7 Å². The summed E-state index contributed by atoms with van der Waals surface area (Å²) in [5.41, 5.74) is -1.60. The number of thiophene rings is 1. The molecule has 2 aromatic rings. The molecule has 0 atom stereocenters. The van der Waals surface area contributed by atoms with E-state index in [0.717, 1.165) is 37.7 Å². The molecule has 13 heteroatoms. The van der Waals surface area contributed by atoms with E-state index in [0.29, 0.717) is 6.07 Å². The second-order valence-electron chi connectivity index (χ2n) is 5.45. The van der Waals surface area contributed by atoms with Crippen molar-refractivity contribution in [2.75, 3.05) is 19.5 Å². The summed E-state index contributed by atoms with van der Waals surface area (Å²) in [5.74, 6) is -2.54. The van der Waals surface area contributed by atoms with Crippen molar-refractivity contribution in [2.45, 2.75) is 6.92 Å². The zero-order valence-electron chi connectivity index (χ0n) is 15.2. The average Bonchev–Trinajstić information content (AvgIpc) is 3.01. The number of nitro groups is 2. The van der Waals surface area contributed by atoms with E-state index in [2.05, 4.69) is 14.8 Å². The van der Waals surface area contributed by atoms with Gasteiger partial charge in [0.2, 0.25) is 0 Å². The lowest BCUT2D eigenvalue weighted by molar-refractivity contribution is -0.394. The maximum atomic E-state index is 12.6. The zero-order valence-corrected chi connectivity index (χ0v) is 16.0. The van der Waals surface area contributed by atoms with Gasteiger partial charge in [-0.1, -0.05) is 0 Å². The molecule has 0 aliphatic heterocycles. The summed E-state index contributed by atoms with van der Waals surface area (Å²) in [6.45, 7) is 1.45. The number of carbonyl (C=O) groups is 3. The van der Waals surface area contributed by atoms with Gasteiger partial charge >= 0.3 is 11.9 Å². The molecule has 1 aromatic heterocycles. The lowest BCUT2D eigenvalue weighted by Gasteiger charge is -2.06. The Hall–Kier alpha value is -3.87. The summed E-state index contributed by atoms with van der Waals surface area (Å²) in [4.78, 5) is 56.8. The second-order valence-corrected chi connectivity index (χ2v) is 6.47. The molecule has 0 saturated heterocycles.